The zero-order valence-corrected chi connectivity index (χ0v) is 19.4. The maximum Gasteiger partial charge on any atom is 0.246 e. The summed E-state index contributed by atoms with van der Waals surface area (Å²) in [5.74, 6) is 0.0451. The van der Waals surface area contributed by atoms with E-state index in [2.05, 4.69) is 5.32 Å². The highest BCUT2D eigenvalue weighted by molar-refractivity contribution is 7.89. The molecule has 8 heteroatoms. The van der Waals surface area contributed by atoms with Crippen molar-refractivity contribution in [2.75, 3.05) is 25.0 Å². The zero-order valence-electron chi connectivity index (χ0n) is 18.6. The highest BCUT2D eigenvalue weighted by Gasteiger charge is 2.30. The van der Waals surface area contributed by atoms with Crippen LogP contribution in [-0.2, 0) is 21.2 Å². The Labute approximate surface area is 188 Å². The Kier molecular flexibility index (Phi) is 6.26. The van der Waals surface area contributed by atoms with Crippen molar-refractivity contribution in [1.29, 1.82) is 0 Å². The topological polar surface area (TPSA) is 88.8 Å². The Morgan fingerprint density at radius 2 is 1.91 bits per heavy atom. The van der Waals surface area contributed by atoms with Gasteiger partial charge in [-0.25, -0.2) is 8.42 Å². The predicted octanol–water partition coefficient (Wildman–Crippen LogP) is 4.41. The van der Waals surface area contributed by atoms with Crippen molar-refractivity contribution in [2.24, 2.45) is 0 Å². The molecule has 1 aromatic heterocycles. The van der Waals surface area contributed by atoms with Crippen LogP contribution in [0.2, 0.25) is 0 Å². The van der Waals surface area contributed by atoms with Gasteiger partial charge in [-0.3, -0.25) is 4.79 Å². The second-order valence-corrected chi connectivity index (χ2v) is 9.98. The summed E-state index contributed by atoms with van der Waals surface area (Å²) in [7, 11) is -3.70. The van der Waals surface area contributed by atoms with Gasteiger partial charge in [0.05, 0.1) is 19.3 Å². The van der Waals surface area contributed by atoms with Crippen LogP contribution in [0.15, 0.2) is 45.9 Å². The van der Waals surface area contributed by atoms with Crippen molar-refractivity contribution in [3.8, 4) is 5.75 Å². The van der Waals surface area contributed by atoms with E-state index in [4.69, 9.17) is 9.15 Å². The number of carbonyl (C=O) groups excluding carboxylic acids is 1. The molecule has 1 saturated heterocycles. The largest absolute Gasteiger partial charge is 0.492 e. The van der Waals surface area contributed by atoms with Crippen molar-refractivity contribution >= 4 is 32.6 Å². The molecule has 0 aliphatic carbocycles. The molecule has 0 radical (unpaired) electrons. The summed E-state index contributed by atoms with van der Waals surface area (Å²) in [6.07, 6.45) is 3.42. The summed E-state index contributed by atoms with van der Waals surface area (Å²) in [4.78, 5) is 12.8. The van der Waals surface area contributed by atoms with Crippen LogP contribution in [0, 0.1) is 13.8 Å². The minimum atomic E-state index is -3.70. The SMILES string of the molecule is CCOc1ccc(NC(=O)Cc2coc3c(C)c(C)ccc23)cc1S(=O)(=O)N1CCCC1. The number of fused-ring (bicyclic) bond motifs is 1. The van der Waals surface area contributed by atoms with Gasteiger partial charge in [0, 0.05) is 29.7 Å². The molecule has 1 aliphatic heterocycles. The molecule has 2 aromatic carbocycles. The van der Waals surface area contributed by atoms with E-state index in [1.807, 2.05) is 26.0 Å². The molecule has 0 unspecified atom stereocenters. The summed E-state index contributed by atoms with van der Waals surface area (Å²) in [5, 5.41) is 3.73. The molecule has 4 rings (SSSR count). The fourth-order valence-corrected chi connectivity index (χ4v) is 5.71. The second-order valence-electron chi connectivity index (χ2n) is 8.08. The Balaban J connectivity index is 1.58. The Bertz CT molecular complexity index is 1260. The number of sulfonamides is 1. The Hall–Kier alpha value is -2.84. The summed E-state index contributed by atoms with van der Waals surface area (Å²) in [6, 6.07) is 8.71. The van der Waals surface area contributed by atoms with Crippen LogP contribution in [0.4, 0.5) is 5.69 Å². The number of benzene rings is 2. The first-order valence-electron chi connectivity index (χ1n) is 10.8. The molecule has 2 heterocycles. The van der Waals surface area contributed by atoms with Gasteiger partial charge in [0.1, 0.15) is 16.2 Å². The van der Waals surface area contributed by atoms with E-state index in [1.54, 1.807) is 25.3 Å². The molecule has 0 spiro atoms. The van der Waals surface area contributed by atoms with Crippen molar-refractivity contribution in [2.45, 2.75) is 44.9 Å². The summed E-state index contributed by atoms with van der Waals surface area (Å²) in [6.45, 7) is 7.16. The fourth-order valence-electron chi connectivity index (χ4n) is 4.03. The van der Waals surface area contributed by atoms with E-state index in [-0.39, 0.29) is 17.2 Å². The molecular formula is C24H28N2O5S. The number of hydrogen-bond acceptors (Lipinski definition) is 5. The first kappa shape index (κ1) is 22.4. The molecule has 0 saturated carbocycles. The van der Waals surface area contributed by atoms with Gasteiger partial charge < -0.3 is 14.5 Å². The number of anilines is 1. The van der Waals surface area contributed by atoms with Gasteiger partial charge in [-0.2, -0.15) is 4.31 Å². The van der Waals surface area contributed by atoms with E-state index in [1.165, 1.54) is 10.4 Å². The number of nitrogens with zero attached hydrogens (tertiary/aromatic N) is 1. The molecule has 0 atom stereocenters. The molecule has 1 N–H and O–H groups in total. The van der Waals surface area contributed by atoms with E-state index in [9.17, 15) is 13.2 Å². The van der Waals surface area contributed by atoms with Crippen LogP contribution in [0.25, 0.3) is 11.0 Å². The zero-order chi connectivity index (χ0) is 22.9. The number of rotatable bonds is 7. The van der Waals surface area contributed by atoms with Crippen LogP contribution in [0.3, 0.4) is 0 Å². The molecule has 3 aromatic rings. The van der Waals surface area contributed by atoms with Crippen LogP contribution in [0.5, 0.6) is 5.75 Å². The second kappa shape index (κ2) is 8.96. The summed E-state index contributed by atoms with van der Waals surface area (Å²) < 4.78 is 39.0. The maximum atomic E-state index is 13.2. The highest BCUT2D eigenvalue weighted by atomic mass is 32.2. The quantitative estimate of drug-likeness (QED) is 0.569. The lowest BCUT2D eigenvalue weighted by molar-refractivity contribution is -0.115. The third kappa shape index (κ3) is 4.25. The van der Waals surface area contributed by atoms with Crippen molar-refractivity contribution < 1.29 is 22.4 Å². The van der Waals surface area contributed by atoms with Gasteiger partial charge in [-0.15, -0.1) is 0 Å². The number of hydrogen-bond donors (Lipinski definition) is 1. The van der Waals surface area contributed by atoms with Gasteiger partial charge in [0.15, 0.2) is 0 Å². The Morgan fingerprint density at radius 3 is 2.62 bits per heavy atom. The molecule has 1 amide bonds. The number of amides is 1. The van der Waals surface area contributed by atoms with Crippen LogP contribution < -0.4 is 10.1 Å². The van der Waals surface area contributed by atoms with E-state index in [0.717, 1.165) is 40.5 Å². The average molecular weight is 457 g/mol. The van der Waals surface area contributed by atoms with Crippen molar-refractivity contribution in [3.63, 3.8) is 0 Å². The lowest BCUT2D eigenvalue weighted by Gasteiger charge is -2.19. The third-order valence-corrected chi connectivity index (χ3v) is 7.82. The number of aryl methyl sites for hydroxylation is 2. The lowest BCUT2D eigenvalue weighted by Crippen LogP contribution is -2.28. The first-order valence-corrected chi connectivity index (χ1v) is 12.3. The highest BCUT2D eigenvalue weighted by Crippen LogP contribution is 2.32. The van der Waals surface area contributed by atoms with Gasteiger partial charge in [-0.05, 0) is 62.9 Å². The first-order chi connectivity index (χ1) is 15.3. The predicted molar refractivity (Wildman–Crippen MR) is 124 cm³/mol. The minimum Gasteiger partial charge on any atom is -0.492 e. The molecule has 170 valence electrons. The molecule has 1 aliphatic rings. The van der Waals surface area contributed by atoms with Gasteiger partial charge in [0.2, 0.25) is 15.9 Å². The van der Waals surface area contributed by atoms with Crippen LogP contribution in [0.1, 0.15) is 36.5 Å². The van der Waals surface area contributed by atoms with E-state index in [0.29, 0.717) is 31.1 Å². The fraction of sp³-hybridized carbons (Fsp3) is 0.375. The molecule has 1 fully saturated rings. The van der Waals surface area contributed by atoms with Crippen LogP contribution >= 0.6 is 0 Å². The molecule has 32 heavy (non-hydrogen) atoms. The molecule has 0 bridgehead atoms. The smallest absolute Gasteiger partial charge is 0.246 e. The van der Waals surface area contributed by atoms with Gasteiger partial charge in [0.25, 0.3) is 0 Å². The van der Waals surface area contributed by atoms with Gasteiger partial charge >= 0.3 is 0 Å². The van der Waals surface area contributed by atoms with Gasteiger partial charge in [-0.1, -0.05) is 12.1 Å². The number of furan rings is 1. The normalized spacial score (nSPS) is 14.7. The molecular weight excluding hydrogens is 428 g/mol. The number of nitrogens with one attached hydrogen (secondary N) is 1. The summed E-state index contributed by atoms with van der Waals surface area (Å²) in [5.41, 5.74) is 4.17. The standard InChI is InChI=1S/C24H28N2O5S/c1-4-30-21-10-8-19(14-22(21)32(28,29)26-11-5-6-12-26)25-23(27)13-18-15-31-24-17(3)16(2)7-9-20(18)24/h7-10,14-15H,4-6,11-13H2,1-3H3,(H,25,27). The monoisotopic (exact) mass is 456 g/mol. The van der Waals surface area contributed by atoms with Crippen molar-refractivity contribution in [1.82, 2.24) is 4.31 Å². The summed E-state index contributed by atoms with van der Waals surface area (Å²) >= 11 is 0. The number of ether oxygens (including phenoxy) is 1. The number of carbonyl (C=O) groups is 1. The third-order valence-electron chi connectivity index (χ3n) is 5.90. The van der Waals surface area contributed by atoms with E-state index < -0.39 is 10.0 Å². The van der Waals surface area contributed by atoms with Crippen molar-refractivity contribution in [3.05, 3.63) is 53.3 Å². The maximum absolute atomic E-state index is 13.2. The van der Waals surface area contributed by atoms with E-state index >= 15 is 0 Å². The van der Waals surface area contributed by atoms with Crippen LogP contribution in [-0.4, -0.2) is 38.3 Å². The minimum absolute atomic E-state index is 0.0823. The Morgan fingerprint density at radius 1 is 1.16 bits per heavy atom. The molecule has 7 nitrogen and oxygen atoms in total. The lowest BCUT2D eigenvalue weighted by atomic mass is 10.0. The average Bonchev–Trinajstić information content (AvgIpc) is 3.43.